The van der Waals surface area contributed by atoms with Gasteiger partial charge >= 0.3 is 12.1 Å². The van der Waals surface area contributed by atoms with Crippen molar-refractivity contribution in [2.24, 2.45) is 5.73 Å². The van der Waals surface area contributed by atoms with Crippen LogP contribution in [0.5, 0.6) is 0 Å². The highest BCUT2D eigenvalue weighted by molar-refractivity contribution is 7.89. The standard InChI is InChI=1S/C37H40N6O8S/c1-2-19-51-37(48)43-31(21-24-13-15-28(16-14-24)34(38)39)36(47)42-30(17-18-33(44)45)35(46)40-22-25-7-5-8-26(20-25)23-41-52(49,50)32-12-6-10-27-9-3-4-11-29(27)32/h2-16,20,30-31,41H,1,17-19,21-23H2,(H3,38,39)(H,40,46)(H,42,47)(H,43,48)(H,44,45)/t30-,31-/m0/s1. The van der Waals surface area contributed by atoms with Gasteiger partial charge in [-0.2, -0.15) is 0 Å². The highest BCUT2D eigenvalue weighted by atomic mass is 32.2. The van der Waals surface area contributed by atoms with Crippen LogP contribution in [0.3, 0.4) is 0 Å². The van der Waals surface area contributed by atoms with Crippen molar-refractivity contribution in [2.75, 3.05) is 6.61 Å². The van der Waals surface area contributed by atoms with Gasteiger partial charge in [0.15, 0.2) is 0 Å². The van der Waals surface area contributed by atoms with Crippen LogP contribution in [0, 0.1) is 5.41 Å². The second-order valence-corrected chi connectivity index (χ2v) is 13.5. The van der Waals surface area contributed by atoms with Gasteiger partial charge in [0.05, 0.1) is 4.90 Å². The molecule has 15 heteroatoms. The number of hydrogen-bond donors (Lipinski definition) is 7. The molecule has 0 aliphatic heterocycles. The van der Waals surface area contributed by atoms with E-state index in [4.69, 9.17) is 15.9 Å². The van der Waals surface area contributed by atoms with E-state index in [9.17, 15) is 32.7 Å². The van der Waals surface area contributed by atoms with Crippen molar-refractivity contribution < 1.29 is 37.4 Å². The van der Waals surface area contributed by atoms with Crippen LogP contribution in [0.1, 0.15) is 35.1 Å². The Morgan fingerprint density at radius 1 is 0.846 bits per heavy atom. The van der Waals surface area contributed by atoms with Gasteiger partial charge in [-0.3, -0.25) is 19.8 Å². The summed E-state index contributed by atoms with van der Waals surface area (Å²) in [6, 6.07) is 23.0. The van der Waals surface area contributed by atoms with Crippen LogP contribution in [0.2, 0.25) is 0 Å². The first-order valence-corrected chi connectivity index (χ1v) is 17.7. The van der Waals surface area contributed by atoms with E-state index >= 15 is 0 Å². The van der Waals surface area contributed by atoms with Crippen LogP contribution in [-0.4, -0.2) is 61.9 Å². The summed E-state index contributed by atoms with van der Waals surface area (Å²) >= 11 is 0. The van der Waals surface area contributed by atoms with E-state index in [2.05, 4.69) is 27.3 Å². The molecule has 2 atom stereocenters. The molecule has 4 aromatic carbocycles. The van der Waals surface area contributed by atoms with Crippen molar-refractivity contribution in [3.8, 4) is 0 Å². The monoisotopic (exact) mass is 728 g/mol. The lowest BCUT2D eigenvalue weighted by Gasteiger charge is -2.23. The molecule has 0 unspecified atom stereocenters. The number of benzene rings is 4. The number of fused-ring (bicyclic) bond motifs is 1. The Balaban J connectivity index is 1.43. The van der Waals surface area contributed by atoms with Gasteiger partial charge in [0.1, 0.15) is 24.5 Å². The van der Waals surface area contributed by atoms with E-state index in [1.54, 1.807) is 66.7 Å². The maximum atomic E-state index is 13.5. The molecule has 0 saturated heterocycles. The number of amides is 3. The molecule has 0 aliphatic carbocycles. The number of rotatable bonds is 18. The zero-order valence-electron chi connectivity index (χ0n) is 28.1. The molecule has 272 valence electrons. The molecule has 0 bridgehead atoms. The number of ether oxygens (including phenoxy) is 1. The summed E-state index contributed by atoms with van der Waals surface area (Å²) in [4.78, 5) is 50.8. The minimum atomic E-state index is -3.86. The topological polar surface area (TPSA) is 230 Å². The predicted molar refractivity (Wildman–Crippen MR) is 195 cm³/mol. The fourth-order valence-electron chi connectivity index (χ4n) is 5.24. The Kier molecular flexibility index (Phi) is 13.6. The molecular weight excluding hydrogens is 689 g/mol. The highest BCUT2D eigenvalue weighted by Crippen LogP contribution is 2.23. The van der Waals surface area contributed by atoms with E-state index in [0.717, 1.165) is 5.39 Å². The average molecular weight is 729 g/mol. The minimum absolute atomic E-state index is 0.0136. The largest absolute Gasteiger partial charge is 0.481 e. The molecule has 0 fully saturated rings. The van der Waals surface area contributed by atoms with E-state index in [1.165, 1.54) is 12.1 Å². The molecular formula is C37H40N6O8S. The number of carboxylic acids is 1. The number of sulfonamides is 1. The van der Waals surface area contributed by atoms with Gasteiger partial charge in [-0.1, -0.05) is 97.6 Å². The molecule has 0 radical (unpaired) electrons. The van der Waals surface area contributed by atoms with Gasteiger partial charge in [-0.15, -0.1) is 0 Å². The van der Waals surface area contributed by atoms with Crippen molar-refractivity contribution in [1.29, 1.82) is 5.41 Å². The average Bonchev–Trinajstić information content (AvgIpc) is 3.13. The van der Waals surface area contributed by atoms with Gasteiger partial charge in [0.25, 0.3) is 0 Å². The zero-order chi connectivity index (χ0) is 37.7. The molecule has 52 heavy (non-hydrogen) atoms. The number of nitrogens with one attached hydrogen (secondary N) is 5. The number of nitrogen functional groups attached to an aromatic ring is 1. The Morgan fingerprint density at radius 3 is 2.21 bits per heavy atom. The molecule has 3 amide bonds. The Labute approximate surface area is 301 Å². The van der Waals surface area contributed by atoms with Crippen LogP contribution in [0.15, 0.2) is 109 Å². The number of nitrogens with two attached hydrogens (primary N) is 1. The number of amidine groups is 1. The van der Waals surface area contributed by atoms with Crippen LogP contribution < -0.4 is 26.4 Å². The van der Waals surface area contributed by atoms with Crippen LogP contribution in [-0.2, 0) is 48.7 Å². The third-order valence-electron chi connectivity index (χ3n) is 7.89. The SMILES string of the molecule is C=CCOC(=O)N[C@@H](Cc1ccc(C(=N)N)cc1)C(=O)N[C@@H](CCC(=O)O)C(=O)NCc1cccc(CNS(=O)(=O)c2cccc3ccccc23)c1. The number of alkyl carbamates (subject to hydrolysis) is 1. The van der Waals surface area contributed by atoms with Crippen molar-refractivity contribution in [1.82, 2.24) is 20.7 Å². The summed E-state index contributed by atoms with van der Waals surface area (Å²) in [5, 5.41) is 26.0. The summed E-state index contributed by atoms with van der Waals surface area (Å²) < 4.78 is 34.0. The molecule has 8 N–H and O–H groups in total. The van der Waals surface area contributed by atoms with Gasteiger partial charge in [0.2, 0.25) is 21.8 Å². The summed E-state index contributed by atoms with van der Waals surface area (Å²) in [5.74, 6) is -2.76. The smallest absolute Gasteiger partial charge is 0.408 e. The van der Waals surface area contributed by atoms with E-state index < -0.39 is 52.4 Å². The van der Waals surface area contributed by atoms with Gasteiger partial charge in [-0.25, -0.2) is 17.9 Å². The number of carboxylic acid groups (broad SMARTS) is 1. The summed E-state index contributed by atoms with van der Waals surface area (Å²) in [7, 11) is -3.86. The van der Waals surface area contributed by atoms with Crippen LogP contribution >= 0.6 is 0 Å². The van der Waals surface area contributed by atoms with Crippen molar-refractivity contribution >= 4 is 50.5 Å². The predicted octanol–water partition coefficient (Wildman–Crippen LogP) is 3.09. The Hall–Kier alpha value is -6.06. The Bertz CT molecular complexity index is 2050. The maximum absolute atomic E-state index is 13.5. The van der Waals surface area contributed by atoms with Crippen LogP contribution in [0.4, 0.5) is 4.79 Å². The lowest BCUT2D eigenvalue weighted by atomic mass is 10.0. The molecule has 0 spiro atoms. The van der Waals surface area contributed by atoms with Gasteiger partial charge in [0, 0.05) is 36.9 Å². The first-order chi connectivity index (χ1) is 24.9. The quantitative estimate of drug-likeness (QED) is 0.0453. The number of carbonyl (C=O) groups is 4. The normalized spacial score (nSPS) is 12.2. The Morgan fingerprint density at radius 2 is 1.52 bits per heavy atom. The minimum Gasteiger partial charge on any atom is -0.481 e. The van der Waals surface area contributed by atoms with E-state index in [0.29, 0.717) is 27.6 Å². The third kappa shape index (κ3) is 11.2. The third-order valence-corrected chi connectivity index (χ3v) is 9.35. The molecule has 14 nitrogen and oxygen atoms in total. The molecule has 4 aromatic rings. The van der Waals surface area contributed by atoms with E-state index in [1.807, 2.05) is 18.2 Å². The molecule has 0 aromatic heterocycles. The number of carbonyl (C=O) groups excluding carboxylic acids is 3. The summed E-state index contributed by atoms with van der Waals surface area (Å²) in [5.41, 5.74) is 7.83. The summed E-state index contributed by atoms with van der Waals surface area (Å²) in [6.45, 7) is 3.33. The molecule has 0 heterocycles. The van der Waals surface area contributed by atoms with Crippen molar-refractivity contribution in [2.45, 2.75) is 49.3 Å². The lowest BCUT2D eigenvalue weighted by Crippen LogP contribution is -2.54. The second kappa shape index (κ2) is 18.3. The van der Waals surface area contributed by atoms with Crippen LogP contribution in [0.25, 0.3) is 10.8 Å². The first kappa shape index (κ1) is 38.7. The maximum Gasteiger partial charge on any atom is 0.408 e. The van der Waals surface area contributed by atoms with Crippen molar-refractivity contribution in [3.63, 3.8) is 0 Å². The van der Waals surface area contributed by atoms with E-state index in [-0.39, 0.29) is 43.3 Å². The highest BCUT2D eigenvalue weighted by Gasteiger charge is 2.28. The lowest BCUT2D eigenvalue weighted by molar-refractivity contribution is -0.138. The van der Waals surface area contributed by atoms with Gasteiger partial charge in [-0.05, 0) is 34.6 Å². The summed E-state index contributed by atoms with van der Waals surface area (Å²) in [6.07, 6.45) is -0.272. The molecule has 0 aliphatic rings. The van der Waals surface area contributed by atoms with Gasteiger partial charge < -0.3 is 31.5 Å². The second-order valence-electron chi connectivity index (χ2n) is 11.7. The first-order valence-electron chi connectivity index (χ1n) is 16.2. The number of hydrogen-bond acceptors (Lipinski definition) is 8. The zero-order valence-corrected chi connectivity index (χ0v) is 28.9. The number of aliphatic carboxylic acids is 1. The fraction of sp³-hybridized carbons (Fsp3) is 0.216. The molecule has 0 saturated carbocycles. The van der Waals surface area contributed by atoms with Crippen molar-refractivity contribution in [3.05, 3.63) is 126 Å². The fourth-order valence-corrected chi connectivity index (χ4v) is 6.49. The molecule has 4 rings (SSSR count).